The fourth-order valence-electron chi connectivity index (χ4n) is 5.32. The van der Waals surface area contributed by atoms with E-state index in [1.807, 2.05) is 44.2 Å². The second kappa shape index (κ2) is 10.2. The molecule has 1 aliphatic carbocycles. The molecule has 0 unspecified atom stereocenters. The van der Waals surface area contributed by atoms with Crippen LogP contribution in [-0.2, 0) is 0 Å². The van der Waals surface area contributed by atoms with Gasteiger partial charge in [-0.15, -0.1) is 11.3 Å². The maximum Gasteiger partial charge on any atom is 0.173 e. The Morgan fingerprint density at radius 1 is 1.17 bits per heavy atom. The number of nitrogens with zero attached hydrogens (tertiary/aromatic N) is 4. The number of aromatic nitrogens is 3. The van der Waals surface area contributed by atoms with Crippen molar-refractivity contribution >= 4 is 33.9 Å². The molecule has 4 aromatic rings. The number of nitriles is 1. The van der Waals surface area contributed by atoms with Crippen molar-refractivity contribution in [3.05, 3.63) is 69.5 Å². The van der Waals surface area contributed by atoms with Crippen molar-refractivity contribution < 1.29 is 9.59 Å². The van der Waals surface area contributed by atoms with Crippen LogP contribution in [0.2, 0.25) is 0 Å². The van der Waals surface area contributed by atoms with Gasteiger partial charge in [0.25, 0.3) is 0 Å². The first-order valence-corrected chi connectivity index (χ1v) is 13.3. The molecular formula is C29H28N4O2S. The van der Waals surface area contributed by atoms with E-state index in [0.717, 1.165) is 46.5 Å². The molecule has 1 aliphatic rings. The molecule has 2 atom stereocenters. The summed E-state index contributed by atoms with van der Waals surface area (Å²) in [6, 6.07) is 15.5. The number of thiophene rings is 1. The zero-order valence-corrected chi connectivity index (χ0v) is 21.3. The van der Waals surface area contributed by atoms with Crippen LogP contribution in [0.5, 0.6) is 0 Å². The normalized spacial score (nSPS) is 17.7. The van der Waals surface area contributed by atoms with Crippen LogP contribution in [-0.4, -0.2) is 26.1 Å². The lowest BCUT2D eigenvalue weighted by Crippen LogP contribution is -2.22. The fraction of sp³-hybridized carbons (Fsp3) is 0.345. The Kier molecular flexibility index (Phi) is 6.80. The standard InChI is InChI=1S/C29H28N4O2S/c1-3-25(34)20-10-11-24-23(16-20)32-29(28-21(17-30)7-5-13-31-28)33(24)22-8-4-6-19(14-22)15-26(35)27-12-9-18(2)36-27/h5,7,9-13,16,19,22H,3-4,6,8,14-15H2,1-2H3/t19-,22+/m1/s1. The number of ketones is 2. The number of rotatable bonds is 7. The molecule has 36 heavy (non-hydrogen) atoms. The van der Waals surface area contributed by atoms with Gasteiger partial charge in [-0.05, 0) is 74.6 Å². The van der Waals surface area contributed by atoms with E-state index in [4.69, 9.17) is 4.98 Å². The maximum absolute atomic E-state index is 12.9. The number of hydrogen-bond acceptors (Lipinski definition) is 6. The Morgan fingerprint density at radius 2 is 2.03 bits per heavy atom. The van der Waals surface area contributed by atoms with Gasteiger partial charge in [-0.3, -0.25) is 14.6 Å². The lowest BCUT2D eigenvalue weighted by atomic mass is 9.82. The van der Waals surface area contributed by atoms with Crippen LogP contribution in [0.3, 0.4) is 0 Å². The first kappa shape index (κ1) is 24.1. The quantitative estimate of drug-likeness (QED) is 0.259. The summed E-state index contributed by atoms with van der Waals surface area (Å²) >= 11 is 1.56. The first-order chi connectivity index (χ1) is 17.5. The van der Waals surface area contributed by atoms with E-state index in [9.17, 15) is 14.9 Å². The summed E-state index contributed by atoms with van der Waals surface area (Å²) in [6.07, 6.45) is 6.52. The largest absolute Gasteiger partial charge is 0.319 e. The zero-order chi connectivity index (χ0) is 25.2. The number of Topliss-reactive ketones (excluding diaryl/α,β-unsaturated/α-hetero) is 2. The zero-order valence-electron chi connectivity index (χ0n) is 20.5. The van der Waals surface area contributed by atoms with Crippen LogP contribution < -0.4 is 0 Å². The van der Waals surface area contributed by atoms with E-state index >= 15 is 0 Å². The third-order valence-electron chi connectivity index (χ3n) is 7.08. The molecule has 3 aromatic heterocycles. The molecule has 3 heterocycles. The molecule has 0 bridgehead atoms. The smallest absolute Gasteiger partial charge is 0.173 e. The molecule has 0 saturated heterocycles. The molecule has 1 saturated carbocycles. The Bertz CT molecular complexity index is 1490. The Hall–Kier alpha value is -3.63. The van der Waals surface area contributed by atoms with Crippen molar-refractivity contribution in [2.45, 2.75) is 58.4 Å². The van der Waals surface area contributed by atoms with Crippen LogP contribution in [0, 0.1) is 24.2 Å². The first-order valence-electron chi connectivity index (χ1n) is 12.5. The van der Waals surface area contributed by atoms with E-state index in [1.165, 1.54) is 0 Å². The van der Waals surface area contributed by atoms with Crippen molar-refractivity contribution in [1.82, 2.24) is 14.5 Å². The van der Waals surface area contributed by atoms with Crippen LogP contribution >= 0.6 is 11.3 Å². The summed E-state index contributed by atoms with van der Waals surface area (Å²) in [5, 5.41) is 9.75. The molecule has 5 rings (SSSR count). The van der Waals surface area contributed by atoms with Crippen molar-refractivity contribution in [2.75, 3.05) is 0 Å². The minimum absolute atomic E-state index is 0.0728. The number of fused-ring (bicyclic) bond motifs is 1. The molecule has 7 heteroatoms. The fourth-order valence-corrected chi connectivity index (χ4v) is 6.13. The second-order valence-electron chi connectivity index (χ2n) is 9.52. The van der Waals surface area contributed by atoms with Crippen LogP contribution in [0.25, 0.3) is 22.6 Å². The SMILES string of the molecule is CCC(=O)c1ccc2c(c1)nc(-c1ncccc1C#N)n2[C@H]1CCC[C@@H](CC(=O)c2ccc(C)s2)C1. The number of aryl methyl sites for hydroxylation is 1. The topological polar surface area (TPSA) is 88.6 Å². The second-order valence-corrected chi connectivity index (χ2v) is 10.8. The molecule has 6 nitrogen and oxygen atoms in total. The van der Waals surface area contributed by atoms with Gasteiger partial charge in [-0.25, -0.2) is 4.98 Å². The summed E-state index contributed by atoms with van der Waals surface area (Å²) in [7, 11) is 0. The van der Waals surface area contributed by atoms with E-state index in [-0.39, 0.29) is 23.5 Å². The predicted octanol–water partition coefficient (Wildman–Crippen LogP) is 6.94. The van der Waals surface area contributed by atoms with Gasteiger partial charge < -0.3 is 4.57 Å². The summed E-state index contributed by atoms with van der Waals surface area (Å²) < 4.78 is 2.20. The van der Waals surface area contributed by atoms with E-state index in [2.05, 4.69) is 15.6 Å². The molecule has 1 aromatic carbocycles. The molecule has 0 N–H and O–H groups in total. The minimum Gasteiger partial charge on any atom is -0.319 e. The minimum atomic E-state index is 0.0728. The lowest BCUT2D eigenvalue weighted by molar-refractivity contribution is 0.0944. The monoisotopic (exact) mass is 496 g/mol. The number of pyridine rings is 1. The highest BCUT2D eigenvalue weighted by atomic mass is 32.1. The summed E-state index contributed by atoms with van der Waals surface area (Å²) in [5.74, 6) is 1.22. The number of benzene rings is 1. The van der Waals surface area contributed by atoms with E-state index in [0.29, 0.717) is 35.5 Å². The van der Waals surface area contributed by atoms with Gasteiger partial charge in [0, 0.05) is 35.5 Å². The van der Waals surface area contributed by atoms with Crippen molar-refractivity contribution in [2.24, 2.45) is 5.92 Å². The highest BCUT2D eigenvalue weighted by Gasteiger charge is 2.30. The van der Waals surface area contributed by atoms with Gasteiger partial charge >= 0.3 is 0 Å². The molecule has 1 fully saturated rings. The van der Waals surface area contributed by atoms with Crippen LogP contribution in [0.4, 0.5) is 0 Å². The molecule has 0 amide bonds. The summed E-state index contributed by atoms with van der Waals surface area (Å²) in [5.41, 5.74) is 3.31. The Balaban J connectivity index is 1.54. The van der Waals surface area contributed by atoms with Gasteiger partial charge in [0.2, 0.25) is 0 Å². The number of carbonyl (C=O) groups is 2. The van der Waals surface area contributed by atoms with Crippen LogP contribution in [0.1, 0.15) is 82.0 Å². The molecule has 0 spiro atoms. The highest BCUT2D eigenvalue weighted by Crippen LogP contribution is 2.40. The average Bonchev–Trinajstić information content (AvgIpc) is 3.51. The lowest BCUT2D eigenvalue weighted by Gasteiger charge is -2.31. The maximum atomic E-state index is 12.9. The summed E-state index contributed by atoms with van der Waals surface area (Å²) in [4.78, 5) is 36.7. The average molecular weight is 497 g/mol. The predicted molar refractivity (Wildman–Crippen MR) is 141 cm³/mol. The number of imidazole rings is 1. The van der Waals surface area contributed by atoms with Gasteiger partial charge in [0.05, 0.1) is 21.5 Å². The Labute approximate surface area is 214 Å². The molecule has 182 valence electrons. The van der Waals surface area contributed by atoms with Gasteiger partial charge in [-0.2, -0.15) is 5.26 Å². The Morgan fingerprint density at radius 3 is 2.78 bits per heavy atom. The van der Waals surface area contributed by atoms with Crippen LogP contribution in [0.15, 0.2) is 48.7 Å². The van der Waals surface area contributed by atoms with Crippen molar-refractivity contribution in [3.63, 3.8) is 0 Å². The third kappa shape index (κ3) is 4.61. The number of hydrogen-bond donors (Lipinski definition) is 0. The highest BCUT2D eigenvalue weighted by molar-refractivity contribution is 7.14. The third-order valence-corrected chi connectivity index (χ3v) is 8.12. The number of carbonyl (C=O) groups excluding carboxylic acids is 2. The van der Waals surface area contributed by atoms with Gasteiger partial charge in [-0.1, -0.05) is 13.3 Å². The molecule has 0 radical (unpaired) electrons. The molecule has 0 aliphatic heterocycles. The van der Waals surface area contributed by atoms with Crippen molar-refractivity contribution in [1.29, 1.82) is 5.26 Å². The summed E-state index contributed by atoms with van der Waals surface area (Å²) in [6.45, 7) is 3.88. The van der Waals surface area contributed by atoms with Crippen molar-refractivity contribution in [3.8, 4) is 17.6 Å². The van der Waals surface area contributed by atoms with E-state index in [1.54, 1.807) is 29.7 Å². The van der Waals surface area contributed by atoms with E-state index < -0.39 is 0 Å². The molecular weight excluding hydrogens is 468 g/mol. The van der Waals surface area contributed by atoms with Gasteiger partial charge in [0.1, 0.15) is 11.8 Å². The van der Waals surface area contributed by atoms with Gasteiger partial charge in [0.15, 0.2) is 17.4 Å².